The Balaban J connectivity index is 1.76. The summed E-state index contributed by atoms with van der Waals surface area (Å²) in [6, 6.07) is 12.9. The van der Waals surface area contributed by atoms with Crippen LogP contribution in [0.5, 0.6) is 5.75 Å². The van der Waals surface area contributed by atoms with E-state index in [0.717, 1.165) is 35.7 Å². The Morgan fingerprint density at radius 3 is 2.41 bits per heavy atom. The number of nitrogens with one attached hydrogen (secondary N) is 1. The topological polar surface area (TPSA) is 58.6 Å². The highest BCUT2D eigenvalue weighted by Crippen LogP contribution is 2.29. The zero-order valence-electron chi connectivity index (χ0n) is 20.2. The zero-order chi connectivity index (χ0) is 24.7. The molecule has 5 nitrogen and oxygen atoms in total. The van der Waals surface area contributed by atoms with E-state index in [4.69, 9.17) is 16.3 Å². The molecule has 1 atom stereocenters. The number of hydrogen-bond donors (Lipinski definition) is 1. The fourth-order valence-corrected chi connectivity index (χ4v) is 4.93. The number of carbonyl (C=O) groups excluding carboxylic acids is 2. The average Bonchev–Trinajstić information content (AvgIpc) is 3.32. The summed E-state index contributed by atoms with van der Waals surface area (Å²) in [5, 5.41) is 3.79. The van der Waals surface area contributed by atoms with Crippen LogP contribution in [0.1, 0.15) is 69.9 Å². The van der Waals surface area contributed by atoms with Crippen molar-refractivity contribution in [3.63, 3.8) is 0 Å². The predicted octanol–water partition coefficient (Wildman–Crippen LogP) is 6.47. The highest BCUT2D eigenvalue weighted by atomic mass is 79.9. The minimum Gasteiger partial charge on any atom is -0.483 e. The van der Waals surface area contributed by atoms with Gasteiger partial charge in [0.2, 0.25) is 5.91 Å². The lowest BCUT2D eigenvalue weighted by Crippen LogP contribution is -2.52. The van der Waals surface area contributed by atoms with Crippen molar-refractivity contribution in [3.05, 3.63) is 63.1 Å². The number of benzene rings is 2. The van der Waals surface area contributed by atoms with Gasteiger partial charge in [0.1, 0.15) is 11.8 Å². The summed E-state index contributed by atoms with van der Waals surface area (Å²) < 4.78 is 6.70. The minimum atomic E-state index is -0.570. The zero-order valence-corrected chi connectivity index (χ0v) is 22.5. The standard InChI is InChI=1S/C27H34BrClN2O3/c1-4-24(27(33)30-22-7-5-6-8-22)31(16-19-9-12-21(29)13-10-19)26(32)17-34-25-14-11-20(18(2)3)15-23(25)28/h9-15,18,22,24H,4-8,16-17H2,1-3H3,(H,30,33). The summed E-state index contributed by atoms with van der Waals surface area (Å²) in [7, 11) is 0. The molecule has 3 rings (SSSR count). The van der Waals surface area contributed by atoms with Gasteiger partial charge < -0.3 is 15.0 Å². The molecule has 34 heavy (non-hydrogen) atoms. The molecule has 1 N–H and O–H groups in total. The van der Waals surface area contributed by atoms with Crippen LogP contribution in [0.15, 0.2) is 46.9 Å². The molecule has 0 spiro atoms. The predicted molar refractivity (Wildman–Crippen MR) is 140 cm³/mol. The number of halogens is 2. The molecule has 0 aromatic heterocycles. The third kappa shape index (κ3) is 7.22. The van der Waals surface area contributed by atoms with E-state index in [1.54, 1.807) is 17.0 Å². The maximum absolute atomic E-state index is 13.4. The number of carbonyl (C=O) groups is 2. The van der Waals surface area contributed by atoms with E-state index in [0.29, 0.717) is 29.7 Å². The van der Waals surface area contributed by atoms with Crippen LogP contribution in [0.4, 0.5) is 0 Å². The van der Waals surface area contributed by atoms with E-state index in [1.807, 2.05) is 37.3 Å². The van der Waals surface area contributed by atoms with Crippen LogP contribution in [0.3, 0.4) is 0 Å². The first-order valence-corrected chi connectivity index (χ1v) is 13.2. The van der Waals surface area contributed by atoms with Gasteiger partial charge in [-0.1, -0.05) is 63.4 Å². The van der Waals surface area contributed by atoms with Gasteiger partial charge in [-0.3, -0.25) is 9.59 Å². The van der Waals surface area contributed by atoms with E-state index < -0.39 is 6.04 Å². The van der Waals surface area contributed by atoms with Gasteiger partial charge in [-0.25, -0.2) is 0 Å². The van der Waals surface area contributed by atoms with Crippen LogP contribution in [0.2, 0.25) is 5.02 Å². The molecule has 2 amide bonds. The molecule has 1 aliphatic rings. The maximum atomic E-state index is 13.4. The molecule has 0 radical (unpaired) electrons. The molecular formula is C27H34BrClN2O3. The van der Waals surface area contributed by atoms with E-state index in [2.05, 4.69) is 35.1 Å². The van der Waals surface area contributed by atoms with Crippen molar-refractivity contribution < 1.29 is 14.3 Å². The molecule has 7 heteroatoms. The Morgan fingerprint density at radius 2 is 1.82 bits per heavy atom. The molecule has 184 valence electrons. The van der Waals surface area contributed by atoms with Gasteiger partial charge >= 0.3 is 0 Å². The van der Waals surface area contributed by atoms with Crippen molar-refractivity contribution in [2.45, 2.75) is 77.4 Å². The molecule has 1 saturated carbocycles. The van der Waals surface area contributed by atoms with Gasteiger partial charge in [0.15, 0.2) is 6.61 Å². The second-order valence-corrected chi connectivity index (χ2v) is 10.5. The fraction of sp³-hybridized carbons (Fsp3) is 0.481. The molecule has 2 aromatic carbocycles. The molecule has 0 saturated heterocycles. The molecule has 0 heterocycles. The van der Waals surface area contributed by atoms with Gasteiger partial charge in [-0.2, -0.15) is 0 Å². The van der Waals surface area contributed by atoms with Crippen molar-refractivity contribution in [2.75, 3.05) is 6.61 Å². The lowest BCUT2D eigenvalue weighted by Gasteiger charge is -2.31. The molecule has 1 unspecified atom stereocenters. The van der Waals surface area contributed by atoms with E-state index in [9.17, 15) is 9.59 Å². The number of amides is 2. The quantitative estimate of drug-likeness (QED) is 0.369. The van der Waals surface area contributed by atoms with E-state index >= 15 is 0 Å². The van der Waals surface area contributed by atoms with E-state index in [-0.39, 0.29) is 24.5 Å². The monoisotopic (exact) mass is 548 g/mol. The van der Waals surface area contributed by atoms with Crippen molar-refractivity contribution in [1.82, 2.24) is 10.2 Å². The summed E-state index contributed by atoms with van der Waals surface area (Å²) in [6.07, 6.45) is 4.78. The molecule has 1 fully saturated rings. The average molecular weight is 550 g/mol. The number of hydrogen-bond acceptors (Lipinski definition) is 3. The first-order valence-electron chi connectivity index (χ1n) is 12.0. The Kier molecular flexibility index (Phi) is 9.84. The lowest BCUT2D eigenvalue weighted by molar-refractivity contribution is -0.143. The molecular weight excluding hydrogens is 516 g/mol. The van der Waals surface area contributed by atoms with Gasteiger partial charge in [0.25, 0.3) is 5.91 Å². The summed E-state index contributed by atoms with van der Waals surface area (Å²) in [5.74, 6) is 0.667. The summed E-state index contributed by atoms with van der Waals surface area (Å²) in [5.41, 5.74) is 2.09. The third-order valence-electron chi connectivity index (χ3n) is 6.33. The van der Waals surface area contributed by atoms with Crippen LogP contribution in [-0.2, 0) is 16.1 Å². The van der Waals surface area contributed by atoms with Crippen LogP contribution in [0, 0.1) is 0 Å². The summed E-state index contributed by atoms with van der Waals surface area (Å²) in [4.78, 5) is 28.2. The first-order chi connectivity index (χ1) is 16.3. The van der Waals surface area contributed by atoms with Gasteiger partial charge in [0.05, 0.1) is 4.47 Å². The van der Waals surface area contributed by atoms with Gasteiger partial charge in [0, 0.05) is 17.6 Å². The molecule has 2 aromatic rings. The smallest absolute Gasteiger partial charge is 0.261 e. The summed E-state index contributed by atoms with van der Waals surface area (Å²) >= 11 is 9.59. The lowest BCUT2D eigenvalue weighted by atomic mass is 10.0. The molecule has 1 aliphatic carbocycles. The van der Waals surface area contributed by atoms with Crippen molar-refractivity contribution in [1.29, 1.82) is 0 Å². The second kappa shape index (κ2) is 12.6. The number of nitrogens with zero attached hydrogens (tertiary/aromatic N) is 1. The first kappa shape index (κ1) is 26.6. The Labute approximate surface area is 216 Å². The van der Waals surface area contributed by atoms with Crippen LogP contribution in [0.25, 0.3) is 0 Å². The SMILES string of the molecule is CCC(C(=O)NC1CCCC1)N(Cc1ccc(Cl)cc1)C(=O)COc1ccc(C(C)C)cc1Br. The normalized spacial score (nSPS) is 14.8. The van der Waals surface area contributed by atoms with Crippen molar-refractivity contribution >= 4 is 39.3 Å². The maximum Gasteiger partial charge on any atom is 0.261 e. The highest BCUT2D eigenvalue weighted by molar-refractivity contribution is 9.10. The van der Waals surface area contributed by atoms with Crippen LogP contribution in [-0.4, -0.2) is 35.4 Å². The van der Waals surface area contributed by atoms with Crippen molar-refractivity contribution in [2.24, 2.45) is 0 Å². The molecule has 0 bridgehead atoms. The Bertz CT molecular complexity index is 974. The number of ether oxygens (including phenoxy) is 1. The van der Waals surface area contributed by atoms with Gasteiger partial charge in [-0.15, -0.1) is 0 Å². The largest absolute Gasteiger partial charge is 0.483 e. The van der Waals surface area contributed by atoms with Crippen LogP contribution >= 0.6 is 27.5 Å². The van der Waals surface area contributed by atoms with Crippen LogP contribution < -0.4 is 10.1 Å². The summed E-state index contributed by atoms with van der Waals surface area (Å²) in [6.45, 7) is 6.34. The highest BCUT2D eigenvalue weighted by Gasteiger charge is 2.31. The second-order valence-electron chi connectivity index (χ2n) is 9.20. The minimum absolute atomic E-state index is 0.0980. The Hall–Kier alpha value is -2.05. The Morgan fingerprint density at radius 1 is 1.15 bits per heavy atom. The third-order valence-corrected chi connectivity index (χ3v) is 7.20. The van der Waals surface area contributed by atoms with E-state index in [1.165, 1.54) is 5.56 Å². The fourth-order valence-electron chi connectivity index (χ4n) is 4.29. The van der Waals surface area contributed by atoms with Crippen molar-refractivity contribution in [3.8, 4) is 5.75 Å². The van der Waals surface area contributed by atoms with Gasteiger partial charge in [-0.05, 0) is 76.5 Å². The number of rotatable bonds is 10. The molecule has 0 aliphatic heterocycles.